The van der Waals surface area contributed by atoms with Crippen LogP contribution in [0.15, 0.2) is 30.3 Å². The van der Waals surface area contributed by atoms with E-state index in [1.54, 1.807) is 25.1 Å². The number of fused-ring (bicyclic) bond motifs is 2. The SMILES string of the molecule is CCOC(=O)[C@H]1CCCN(C(=O)c2cc3nc(-c4ccc5c(c4)OCO5)cc(C(F)(F)F)n3n2)C1. The minimum atomic E-state index is -4.75. The van der Waals surface area contributed by atoms with Gasteiger partial charge in [-0.2, -0.15) is 18.3 Å². The zero-order chi connectivity index (χ0) is 24.7. The number of aromatic nitrogens is 3. The molecule has 9 nitrogen and oxygen atoms in total. The lowest BCUT2D eigenvalue weighted by molar-refractivity contribution is -0.149. The molecule has 35 heavy (non-hydrogen) atoms. The Kier molecular flexibility index (Phi) is 5.73. The summed E-state index contributed by atoms with van der Waals surface area (Å²) in [5.41, 5.74) is -0.950. The first-order valence-corrected chi connectivity index (χ1v) is 11.1. The monoisotopic (exact) mass is 490 g/mol. The standard InChI is InChI=1S/C23H21F3N4O5/c1-2-33-22(32)14-4-3-7-29(11-14)21(31)16-10-20-27-15(9-19(23(24,25)26)30(20)28-16)13-5-6-17-18(8-13)35-12-34-17/h5-6,8-10,14H,2-4,7,11-12H2,1H3/t14-/m0/s1. The van der Waals surface area contributed by atoms with Gasteiger partial charge in [0.1, 0.15) is 0 Å². The molecule has 0 aliphatic carbocycles. The Morgan fingerprint density at radius 3 is 2.74 bits per heavy atom. The highest BCUT2D eigenvalue weighted by Crippen LogP contribution is 2.37. The molecule has 0 radical (unpaired) electrons. The summed E-state index contributed by atoms with van der Waals surface area (Å²) in [4.78, 5) is 30.9. The molecule has 1 amide bonds. The van der Waals surface area contributed by atoms with Gasteiger partial charge in [0, 0.05) is 24.7 Å². The molecule has 2 aliphatic heterocycles. The molecule has 0 saturated carbocycles. The normalized spacial score (nSPS) is 17.6. The number of nitrogens with zero attached hydrogens (tertiary/aromatic N) is 4. The second kappa shape index (κ2) is 8.75. The van der Waals surface area contributed by atoms with Crippen molar-refractivity contribution in [2.24, 2.45) is 5.92 Å². The molecule has 2 aromatic heterocycles. The van der Waals surface area contributed by atoms with Gasteiger partial charge in [0.2, 0.25) is 6.79 Å². The van der Waals surface area contributed by atoms with Gasteiger partial charge >= 0.3 is 12.1 Å². The Morgan fingerprint density at radius 1 is 1.17 bits per heavy atom. The minimum Gasteiger partial charge on any atom is -0.466 e. The van der Waals surface area contributed by atoms with Crippen molar-refractivity contribution in [3.63, 3.8) is 0 Å². The maximum absolute atomic E-state index is 13.9. The molecule has 1 aromatic carbocycles. The fraction of sp³-hybridized carbons (Fsp3) is 0.391. The van der Waals surface area contributed by atoms with Gasteiger partial charge in [-0.05, 0) is 44.0 Å². The smallest absolute Gasteiger partial charge is 0.433 e. The zero-order valence-electron chi connectivity index (χ0n) is 18.7. The third-order valence-electron chi connectivity index (χ3n) is 5.93. The Bertz CT molecular complexity index is 1310. The molecule has 184 valence electrons. The van der Waals surface area contributed by atoms with Crippen molar-refractivity contribution >= 4 is 17.5 Å². The molecule has 0 N–H and O–H groups in total. The summed E-state index contributed by atoms with van der Waals surface area (Å²) in [6, 6.07) is 6.83. The van der Waals surface area contributed by atoms with Crippen molar-refractivity contribution in [1.82, 2.24) is 19.5 Å². The second-order valence-electron chi connectivity index (χ2n) is 8.23. The lowest BCUT2D eigenvalue weighted by Crippen LogP contribution is -2.43. The predicted octanol–water partition coefficient (Wildman–Crippen LogP) is 3.56. The molecule has 5 rings (SSSR count). The van der Waals surface area contributed by atoms with E-state index in [9.17, 15) is 22.8 Å². The Balaban J connectivity index is 1.50. The summed E-state index contributed by atoms with van der Waals surface area (Å²) in [7, 11) is 0. The average Bonchev–Trinajstić information content (AvgIpc) is 3.49. The predicted molar refractivity (Wildman–Crippen MR) is 115 cm³/mol. The number of alkyl halides is 3. The van der Waals surface area contributed by atoms with Gasteiger partial charge in [-0.1, -0.05) is 0 Å². The van der Waals surface area contributed by atoms with E-state index in [1.165, 1.54) is 11.0 Å². The molecule has 1 atom stereocenters. The van der Waals surface area contributed by atoms with Crippen molar-refractivity contribution in [3.05, 3.63) is 41.7 Å². The number of amides is 1. The number of benzene rings is 1. The summed E-state index contributed by atoms with van der Waals surface area (Å²) < 4.78 is 58.0. The summed E-state index contributed by atoms with van der Waals surface area (Å²) in [5, 5.41) is 3.94. The van der Waals surface area contributed by atoms with Crippen LogP contribution in [0.4, 0.5) is 13.2 Å². The van der Waals surface area contributed by atoms with Gasteiger partial charge < -0.3 is 19.1 Å². The van der Waals surface area contributed by atoms with E-state index >= 15 is 0 Å². The van der Waals surface area contributed by atoms with E-state index in [4.69, 9.17) is 14.2 Å². The second-order valence-corrected chi connectivity index (χ2v) is 8.23. The Labute approximate surface area is 197 Å². The number of halogens is 3. The highest BCUT2D eigenvalue weighted by molar-refractivity contribution is 5.94. The number of esters is 1. The van der Waals surface area contributed by atoms with Gasteiger partial charge in [0.25, 0.3) is 5.91 Å². The first-order chi connectivity index (χ1) is 16.7. The number of ether oxygens (including phenoxy) is 3. The van der Waals surface area contributed by atoms with E-state index in [1.807, 2.05) is 0 Å². The highest BCUT2D eigenvalue weighted by Gasteiger charge is 2.37. The Morgan fingerprint density at radius 2 is 1.97 bits per heavy atom. The van der Waals surface area contributed by atoms with Crippen LogP contribution in [0.3, 0.4) is 0 Å². The van der Waals surface area contributed by atoms with E-state index in [0.29, 0.717) is 41.0 Å². The maximum Gasteiger partial charge on any atom is 0.433 e. The van der Waals surface area contributed by atoms with Crippen LogP contribution >= 0.6 is 0 Å². The maximum atomic E-state index is 13.9. The molecule has 12 heteroatoms. The summed E-state index contributed by atoms with van der Waals surface area (Å²) >= 11 is 0. The van der Waals surface area contributed by atoms with Gasteiger partial charge in [0.15, 0.2) is 28.5 Å². The van der Waals surface area contributed by atoms with Gasteiger partial charge in [0.05, 0.1) is 18.2 Å². The fourth-order valence-corrected chi connectivity index (χ4v) is 4.26. The molecule has 3 aromatic rings. The molecule has 2 aliphatic rings. The van der Waals surface area contributed by atoms with Crippen molar-refractivity contribution in [3.8, 4) is 22.8 Å². The summed E-state index contributed by atoms with van der Waals surface area (Å²) in [6.07, 6.45) is -3.60. The molecule has 1 fully saturated rings. The number of hydrogen-bond acceptors (Lipinski definition) is 7. The molecule has 1 saturated heterocycles. The van der Waals surface area contributed by atoms with Crippen LogP contribution in [-0.2, 0) is 15.7 Å². The first kappa shape index (κ1) is 22.9. The van der Waals surface area contributed by atoms with Gasteiger partial charge in [-0.3, -0.25) is 9.59 Å². The fourth-order valence-electron chi connectivity index (χ4n) is 4.26. The molecular weight excluding hydrogens is 469 g/mol. The summed E-state index contributed by atoms with van der Waals surface area (Å²) in [6.45, 7) is 2.44. The number of hydrogen-bond donors (Lipinski definition) is 0. The molecule has 0 bridgehead atoms. The zero-order valence-corrected chi connectivity index (χ0v) is 18.7. The van der Waals surface area contributed by atoms with E-state index < -0.39 is 29.7 Å². The number of carbonyl (C=O) groups is 2. The third-order valence-corrected chi connectivity index (χ3v) is 5.93. The topological polar surface area (TPSA) is 95.3 Å². The van der Waals surface area contributed by atoms with Crippen molar-refractivity contribution in [1.29, 1.82) is 0 Å². The lowest BCUT2D eigenvalue weighted by Gasteiger charge is -2.31. The van der Waals surface area contributed by atoms with Crippen molar-refractivity contribution in [2.45, 2.75) is 25.9 Å². The lowest BCUT2D eigenvalue weighted by atomic mass is 9.98. The first-order valence-electron chi connectivity index (χ1n) is 11.1. The van der Waals surface area contributed by atoms with Crippen LogP contribution in [0.2, 0.25) is 0 Å². The van der Waals surface area contributed by atoms with Crippen LogP contribution < -0.4 is 9.47 Å². The number of carbonyl (C=O) groups excluding carboxylic acids is 2. The highest BCUT2D eigenvalue weighted by atomic mass is 19.4. The largest absolute Gasteiger partial charge is 0.466 e. The Hall–Kier alpha value is -3.83. The number of rotatable bonds is 4. The summed E-state index contributed by atoms with van der Waals surface area (Å²) in [5.74, 6) is -0.545. The molecular formula is C23H21F3N4O5. The van der Waals surface area contributed by atoms with Crippen LogP contribution in [-0.4, -0.2) is 57.9 Å². The van der Waals surface area contributed by atoms with E-state index in [0.717, 1.165) is 6.07 Å². The van der Waals surface area contributed by atoms with Gasteiger partial charge in [-0.25, -0.2) is 9.50 Å². The molecule has 0 spiro atoms. The quantitative estimate of drug-likeness (QED) is 0.516. The van der Waals surface area contributed by atoms with Gasteiger partial charge in [-0.15, -0.1) is 0 Å². The minimum absolute atomic E-state index is 0.0284. The van der Waals surface area contributed by atoms with Crippen LogP contribution in [0.1, 0.15) is 35.9 Å². The van der Waals surface area contributed by atoms with Crippen molar-refractivity contribution in [2.75, 3.05) is 26.5 Å². The van der Waals surface area contributed by atoms with Crippen LogP contribution in [0, 0.1) is 5.92 Å². The number of likely N-dealkylation sites (tertiary alicyclic amines) is 1. The van der Waals surface area contributed by atoms with E-state index in [-0.39, 0.29) is 37.0 Å². The third kappa shape index (κ3) is 4.35. The molecule has 0 unspecified atom stereocenters. The average molecular weight is 490 g/mol. The number of piperidine rings is 1. The van der Waals surface area contributed by atoms with Crippen LogP contribution in [0.25, 0.3) is 16.9 Å². The molecule has 4 heterocycles. The van der Waals surface area contributed by atoms with Crippen LogP contribution in [0.5, 0.6) is 11.5 Å². The van der Waals surface area contributed by atoms with Crippen molar-refractivity contribution < 1.29 is 37.0 Å². The van der Waals surface area contributed by atoms with E-state index in [2.05, 4.69) is 10.1 Å².